The summed E-state index contributed by atoms with van der Waals surface area (Å²) >= 11 is 17.1. The third kappa shape index (κ3) is 2.53. The molecule has 0 aliphatic rings. The number of methoxy groups -OCH3 is 1. The van der Waals surface area contributed by atoms with Gasteiger partial charge in [-0.05, 0) is 6.07 Å². The number of esters is 1. The number of hydrogen-bond donors (Lipinski definition) is 0. The van der Waals surface area contributed by atoms with E-state index < -0.39 is 9.76 Å². The summed E-state index contributed by atoms with van der Waals surface area (Å²) in [6, 6.07) is 6.47. The van der Waals surface area contributed by atoms with Crippen molar-refractivity contribution in [3.63, 3.8) is 0 Å². The summed E-state index contributed by atoms with van der Waals surface area (Å²) in [5, 5.41) is 0. The first kappa shape index (κ1) is 11.6. The van der Waals surface area contributed by atoms with Gasteiger partial charge in [-0.25, -0.2) is 4.79 Å². The van der Waals surface area contributed by atoms with Crippen LogP contribution >= 0.6 is 34.8 Å². The van der Waals surface area contributed by atoms with Gasteiger partial charge in [-0.15, -0.1) is 0 Å². The van der Waals surface area contributed by atoms with Gasteiger partial charge in [0.25, 0.3) is 0 Å². The van der Waals surface area contributed by atoms with Gasteiger partial charge in [0.2, 0.25) is 3.79 Å². The summed E-state index contributed by atoms with van der Waals surface area (Å²) in [5.41, 5.74) is 0.576. The van der Waals surface area contributed by atoms with Gasteiger partial charge in [-0.2, -0.15) is 0 Å². The number of ether oxygens (including phenoxy) is 1. The van der Waals surface area contributed by atoms with Gasteiger partial charge in [-0.1, -0.05) is 53.0 Å². The average Bonchev–Trinajstić information content (AvgIpc) is 2.15. The number of rotatable bonds is 1. The van der Waals surface area contributed by atoms with Gasteiger partial charge < -0.3 is 4.74 Å². The third-order valence-corrected chi connectivity index (χ3v) is 2.25. The van der Waals surface area contributed by atoms with Crippen molar-refractivity contribution in [1.82, 2.24) is 0 Å². The average molecular weight is 254 g/mol. The van der Waals surface area contributed by atoms with Crippen LogP contribution in [0.5, 0.6) is 0 Å². The van der Waals surface area contributed by atoms with Crippen molar-refractivity contribution < 1.29 is 9.53 Å². The highest BCUT2D eigenvalue weighted by molar-refractivity contribution is 6.67. The molecule has 0 saturated heterocycles. The Labute approximate surface area is 96.7 Å². The molecule has 0 radical (unpaired) electrons. The molecule has 5 heteroatoms. The summed E-state index contributed by atoms with van der Waals surface area (Å²) in [6.07, 6.45) is 0. The number of hydrogen-bond acceptors (Lipinski definition) is 2. The van der Waals surface area contributed by atoms with Gasteiger partial charge >= 0.3 is 5.97 Å². The molecule has 0 N–H and O–H groups in total. The highest BCUT2D eigenvalue weighted by atomic mass is 35.6. The fourth-order valence-corrected chi connectivity index (χ4v) is 1.51. The first-order valence-electron chi connectivity index (χ1n) is 3.71. The molecule has 0 spiro atoms. The van der Waals surface area contributed by atoms with Crippen LogP contribution in [0, 0.1) is 0 Å². The lowest BCUT2D eigenvalue weighted by molar-refractivity contribution is 0.0599. The van der Waals surface area contributed by atoms with Crippen LogP contribution in [-0.2, 0) is 8.53 Å². The second-order valence-electron chi connectivity index (χ2n) is 2.53. The summed E-state index contributed by atoms with van der Waals surface area (Å²) in [4.78, 5) is 11.3. The largest absolute Gasteiger partial charge is 0.465 e. The van der Waals surface area contributed by atoms with Crippen LogP contribution in [0.3, 0.4) is 0 Å². The fourth-order valence-electron chi connectivity index (χ4n) is 1.02. The lowest BCUT2D eigenvalue weighted by Gasteiger charge is -2.14. The van der Waals surface area contributed by atoms with Crippen LogP contribution in [0.25, 0.3) is 0 Å². The number of benzene rings is 1. The van der Waals surface area contributed by atoms with Crippen LogP contribution < -0.4 is 0 Å². The van der Waals surface area contributed by atoms with Gasteiger partial charge in [0.1, 0.15) is 0 Å². The van der Waals surface area contributed by atoms with E-state index in [9.17, 15) is 4.79 Å². The van der Waals surface area contributed by atoms with Crippen molar-refractivity contribution in [2.45, 2.75) is 3.79 Å². The van der Waals surface area contributed by atoms with Crippen LogP contribution in [0.15, 0.2) is 24.3 Å². The Kier molecular flexibility index (Phi) is 3.65. The van der Waals surface area contributed by atoms with Crippen molar-refractivity contribution in [3.05, 3.63) is 35.4 Å². The van der Waals surface area contributed by atoms with E-state index in [1.54, 1.807) is 24.3 Å². The van der Waals surface area contributed by atoms with Crippen molar-refractivity contribution in [2.24, 2.45) is 0 Å². The van der Waals surface area contributed by atoms with E-state index in [-0.39, 0.29) is 5.56 Å². The van der Waals surface area contributed by atoms with E-state index in [0.717, 1.165) is 0 Å². The minimum Gasteiger partial charge on any atom is -0.465 e. The molecule has 0 atom stereocenters. The van der Waals surface area contributed by atoms with Crippen LogP contribution in [0.4, 0.5) is 0 Å². The molecule has 0 bridgehead atoms. The fraction of sp³-hybridized carbons (Fsp3) is 0.222. The lowest BCUT2D eigenvalue weighted by Crippen LogP contribution is -2.11. The zero-order valence-corrected chi connectivity index (χ0v) is 9.53. The molecule has 0 unspecified atom stereocenters. The van der Waals surface area contributed by atoms with Crippen LogP contribution in [0.2, 0.25) is 0 Å². The van der Waals surface area contributed by atoms with E-state index in [1.807, 2.05) is 0 Å². The third-order valence-electron chi connectivity index (χ3n) is 1.64. The van der Waals surface area contributed by atoms with E-state index in [1.165, 1.54) is 7.11 Å². The Morgan fingerprint density at radius 2 is 1.86 bits per heavy atom. The van der Waals surface area contributed by atoms with Crippen LogP contribution in [-0.4, -0.2) is 13.1 Å². The summed E-state index contributed by atoms with van der Waals surface area (Å²) in [7, 11) is 1.28. The molecule has 0 aliphatic carbocycles. The smallest absolute Gasteiger partial charge is 0.338 e. The highest BCUT2D eigenvalue weighted by Gasteiger charge is 2.28. The van der Waals surface area contributed by atoms with Gasteiger partial charge in [0.15, 0.2) is 0 Å². The van der Waals surface area contributed by atoms with Gasteiger partial charge in [-0.3, -0.25) is 0 Å². The SMILES string of the molecule is COC(=O)c1ccccc1C(Cl)(Cl)Cl. The highest BCUT2D eigenvalue weighted by Crippen LogP contribution is 2.39. The van der Waals surface area contributed by atoms with Crippen molar-refractivity contribution in [3.8, 4) is 0 Å². The molecule has 14 heavy (non-hydrogen) atoms. The number of halogens is 3. The quantitative estimate of drug-likeness (QED) is 0.567. The maximum Gasteiger partial charge on any atom is 0.338 e. The second-order valence-corrected chi connectivity index (χ2v) is 4.82. The van der Waals surface area contributed by atoms with E-state index in [2.05, 4.69) is 4.74 Å². The Morgan fingerprint density at radius 1 is 1.29 bits per heavy atom. The molecule has 1 aromatic carbocycles. The topological polar surface area (TPSA) is 26.3 Å². The lowest BCUT2D eigenvalue weighted by atomic mass is 10.1. The first-order valence-corrected chi connectivity index (χ1v) is 4.84. The molecule has 0 aliphatic heterocycles. The molecule has 0 saturated carbocycles. The summed E-state index contributed by atoms with van der Waals surface area (Å²) in [6.45, 7) is 0. The molecule has 0 amide bonds. The molecule has 0 fully saturated rings. The normalized spacial score (nSPS) is 11.1. The number of alkyl halides is 3. The molecule has 0 heterocycles. The zero-order chi connectivity index (χ0) is 10.8. The molecule has 76 valence electrons. The Hall–Kier alpha value is -0.440. The van der Waals surface area contributed by atoms with Gasteiger partial charge in [0, 0.05) is 5.56 Å². The monoisotopic (exact) mass is 252 g/mol. The Bertz CT molecular complexity index is 344. The Balaban J connectivity index is 3.23. The number of carbonyl (C=O) groups is 1. The molecular weight excluding hydrogens is 246 g/mol. The van der Waals surface area contributed by atoms with Gasteiger partial charge in [0.05, 0.1) is 12.7 Å². The molecule has 1 aromatic rings. The maximum atomic E-state index is 11.3. The van der Waals surface area contributed by atoms with E-state index >= 15 is 0 Å². The predicted molar refractivity (Wildman–Crippen MR) is 57.0 cm³/mol. The molecule has 0 aromatic heterocycles. The molecular formula is C9H7Cl3O2. The van der Waals surface area contributed by atoms with E-state index in [4.69, 9.17) is 34.8 Å². The zero-order valence-electron chi connectivity index (χ0n) is 7.26. The first-order chi connectivity index (χ1) is 6.46. The summed E-state index contributed by atoms with van der Waals surface area (Å²) < 4.78 is 2.94. The van der Waals surface area contributed by atoms with E-state index in [0.29, 0.717) is 5.56 Å². The number of carbonyl (C=O) groups excluding carboxylic acids is 1. The Morgan fingerprint density at radius 3 is 2.36 bits per heavy atom. The standard InChI is InChI=1S/C9H7Cl3O2/c1-14-8(13)6-4-2-3-5-7(6)9(10,11)12/h2-5H,1H3. The summed E-state index contributed by atoms with van der Waals surface area (Å²) in [5.74, 6) is -0.521. The van der Waals surface area contributed by atoms with Crippen LogP contribution in [0.1, 0.15) is 15.9 Å². The molecule has 1 rings (SSSR count). The van der Waals surface area contributed by atoms with Crippen molar-refractivity contribution >= 4 is 40.8 Å². The minimum absolute atomic E-state index is 0.259. The maximum absolute atomic E-state index is 11.3. The predicted octanol–water partition coefficient (Wildman–Crippen LogP) is 3.30. The van der Waals surface area contributed by atoms with Crippen molar-refractivity contribution in [1.29, 1.82) is 0 Å². The van der Waals surface area contributed by atoms with Crippen molar-refractivity contribution in [2.75, 3.05) is 7.11 Å². The molecule has 2 nitrogen and oxygen atoms in total. The second kappa shape index (κ2) is 4.39. The minimum atomic E-state index is -1.62.